The maximum Gasteiger partial charge on any atom is 0.273 e. The molecule has 1 aromatic carbocycles. The lowest BCUT2D eigenvalue weighted by Gasteiger charge is -2.17. The number of nitrogens with zero attached hydrogens (tertiary/aromatic N) is 3. The van der Waals surface area contributed by atoms with Crippen molar-refractivity contribution >= 4 is 38.7 Å². The van der Waals surface area contributed by atoms with E-state index >= 15 is 0 Å². The normalized spacial score (nSPS) is 14.5. The topological polar surface area (TPSA) is 159 Å². The van der Waals surface area contributed by atoms with Crippen LogP contribution in [0.4, 0.5) is 17.2 Å². The molecule has 2 amide bonds. The number of nitrogens with one attached hydrogen (secondary N) is 4. The van der Waals surface area contributed by atoms with Crippen molar-refractivity contribution < 1.29 is 18.5 Å². The van der Waals surface area contributed by atoms with E-state index in [-0.39, 0.29) is 33.6 Å². The number of carbonyl (C=O) groups excluding carboxylic acids is 2. The highest BCUT2D eigenvalue weighted by Crippen LogP contribution is 2.38. The number of amides is 2. The largest absolute Gasteiger partial charge is 0.494 e. The Morgan fingerprint density at radius 2 is 1.89 bits per heavy atom. The van der Waals surface area contributed by atoms with Gasteiger partial charge in [-0.15, -0.1) is 10.2 Å². The van der Waals surface area contributed by atoms with Crippen LogP contribution in [0.3, 0.4) is 0 Å². The summed E-state index contributed by atoms with van der Waals surface area (Å²) in [7, 11) is 0.00413. The summed E-state index contributed by atoms with van der Waals surface area (Å²) in [6.07, 6.45) is 3.25. The third-order valence-corrected chi connectivity index (χ3v) is 8.14. The van der Waals surface area contributed by atoms with Crippen molar-refractivity contribution in [3.05, 3.63) is 48.3 Å². The predicted octanol–water partition coefficient (Wildman–Crippen LogP) is 3.81. The Kier molecular flexibility index (Phi) is 7.39. The molecule has 37 heavy (non-hydrogen) atoms. The average Bonchev–Trinajstić information content (AvgIpc) is 3.74. The third kappa shape index (κ3) is 5.53. The van der Waals surface area contributed by atoms with Crippen molar-refractivity contribution in [1.82, 2.24) is 20.5 Å². The maximum absolute atomic E-state index is 12.7. The summed E-state index contributed by atoms with van der Waals surface area (Å²) in [5.41, 5.74) is 2.30. The van der Waals surface area contributed by atoms with Crippen LogP contribution in [0.1, 0.15) is 37.2 Å². The van der Waals surface area contributed by atoms with Gasteiger partial charge in [-0.25, -0.2) is 14.0 Å². The molecule has 1 aliphatic carbocycles. The molecule has 1 fully saturated rings. The molecule has 2 heterocycles. The predicted molar refractivity (Wildman–Crippen MR) is 141 cm³/mol. The summed E-state index contributed by atoms with van der Waals surface area (Å²) in [5, 5.41) is 16.3. The molecule has 0 spiro atoms. The Hall–Kier alpha value is -4.06. The smallest absolute Gasteiger partial charge is 0.273 e. The van der Waals surface area contributed by atoms with Gasteiger partial charge in [-0.3, -0.25) is 9.59 Å². The van der Waals surface area contributed by atoms with E-state index in [0.29, 0.717) is 28.3 Å². The minimum absolute atomic E-state index is 0.0161. The van der Waals surface area contributed by atoms with Gasteiger partial charge in [0.2, 0.25) is 5.91 Å². The molecular formula is C25H29N7O4S. The van der Waals surface area contributed by atoms with E-state index < -0.39 is 15.6 Å². The van der Waals surface area contributed by atoms with Crippen molar-refractivity contribution in [2.45, 2.75) is 37.0 Å². The lowest BCUT2D eigenvalue weighted by atomic mass is 10.1. The van der Waals surface area contributed by atoms with Crippen LogP contribution in [0.25, 0.3) is 11.1 Å². The van der Waals surface area contributed by atoms with Crippen LogP contribution in [0.15, 0.2) is 47.6 Å². The Labute approximate surface area is 215 Å². The van der Waals surface area contributed by atoms with Crippen molar-refractivity contribution in [1.29, 1.82) is 4.78 Å². The van der Waals surface area contributed by atoms with Gasteiger partial charge in [0.05, 0.1) is 28.2 Å². The van der Waals surface area contributed by atoms with E-state index in [0.717, 1.165) is 12.8 Å². The molecule has 0 aliphatic heterocycles. The van der Waals surface area contributed by atoms with Crippen molar-refractivity contribution in [3.63, 3.8) is 0 Å². The number of aromatic nitrogens is 3. The fraction of sp³-hybridized carbons (Fsp3) is 0.320. The fourth-order valence-corrected chi connectivity index (χ4v) is 4.56. The number of pyridine rings is 1. The first-order valence-electron chi connectivity index (χ1n) is 11.7. The Morgan fingerprint density at radius 1 is 1.14 bits per heavy atom. The van der Waals surface area contributed by atoms with Gasteiger partial charge in [-0.1, -0.05) is 12.1 Å². The first-order chi connectivity index (χ1) is 17.6. The van der Waals surface area contributed by atoms with Crippen molar-refractivity contribution in [2.75, 3.05) is 24.8 Å². The highest BCUT2D eigenvalue weighted by Gasteiger charge is 2.30. The van der Waals surface area contributed by atoms with E-state index in [1.807, 2.05) is 6.07 Å². The number of rotatable bonds is 9. The highest BCUT2D eigenvalue weighted by atomic mass is 32.2. The quantitative estimate of drug-likeness (QED) is 0.329. The molecule has 0 unspecified atom stereocenters. The number of anilines is 3. The second kappa shape index (κ2) is 10.5. The number of hydrogen-bond acceptors (Lipinski definition) is 9. The van der Waals surface area contributed by atoms with Gasteiger partial charge < -0.3 is 20.7 Å². The van der Waals surface area contributed by atoms with Gasteiger partial charge in [0.1, 0.15) is 10.8 Å². The molecule has 0 saturated heterocycles. The summed E-state index contributed by atoms with van der Waals surface area (Å²) < 4.78 is 26.5. The van der Waals surface area contributed by atoms with E-state index in [2.05, 4.69) is 31.1 Å². The van der Waals surface area contributed by atoms with E-state index in [9.17, 15) is 13.8 Å². The Balaban J connectivity index is 1.70. The highest BCUT2D eigenvalue weighted by molar-refractivity contribution is 7.92. The fourth-order valence-electron chi connectivity index (χ4n) is 3.60. The van der Waals surface area contributed by atoms with Crippen LogP contribution in [-0.4, -0.2) is 50.6 Å². The zero-order valence-electron chi connectivity index (χ0n) is 21.0. The standard InChI is InChI=1S/C25H29N7O4S/c1-14(2)37(26,35)21-11-10-16(13-28-21)17-6-5-7-18(23(17)36-4)29-19-12-20(30-24(33)15-8-9-15)31-32-22(19)25(34)27-3/h5-7,10-15,26H,8-9H2,1-4H3,(H,27,34)(H2,29,30,31,33)/t37-/m1/s1. The van der Waals surface area contributed by atoms with Gasteiger partial charge in [0.25, 0.3) is 5.91 Å². The summed E-state index contributed by atoms with van der Waals surface area (Å²) in [6, 6.07) is 10.3. The number of ether oxygens (including phenoxy) is 1. The maximum atomic E-state index is 12.7. The number of carbonyl (C=O) groups is 2. The molecule has 0 radical (unpaired) electrons. The lowest BCUT2D eigenvalue weighted by Crippen LogP contribution is -2.22. The summed E-state index contributed by atoms with van der Waals surface area (Å²) >= 11 is 0. The Bertz CT molecular complexity index is 1440. The molecule has 1 saturated carbocycles. The molecule has 1 aliphatic rings. The summed E-state index contributed by atoms with van der Waals surface area (Å²) in [6.45, 7) is 3.46. The van der Waals surface area contributed by atoms with Gasteiger partial charge in [-0.2, -0.15) is 0 Å². The van der Waals surface area contributed by atoms with Gasteiger partial charge in [0, 0.05) is 41.6 Å². The molecule has 4 rings (SSSR count). The average molecular weight is 524 g/mol. The van der Waals surface area contributed by atoms with E-state index in [4.69, 9.17) is 9.52 Å². The molecule has 2 aromatic heterocycles. The lowest BCUT2D eigenvalue weighted by molar-refractivity contribution is -0.117. The summed E-state index contributed by atoms with van der Waals surface area (Å²) in [5.74, 6) is 0.103. The molecule has 1 atom stereocenters. The number of benzene rings is 1. The van der Waals surface area contributed by atoms with Crippen LogP contribution < -0.4 is 20.7 Å². The van der Waals surface area contributed by atoms with E-state index in [1.165, 1.54) is 14.2 Å². The minimum atomic E-state index is -3.01. The van der Waals surface area contributed by atoms with Crippen LogP contribution in [0, 0.1) is 10.7 Å². The van der Waals surface area contributed by atoms with Crippen molar-refractivity contribution in [3.8, 4) is 16.9 Å². The van der Waals surface area contributed by atoms with Crippen LogP contribution in [-0.2, 0) is 14.5 Å². The second-order valence-corrected chi connectivity index (χ2v) is 11.4. The zero-order valence-corrected chi connectivity index (χ0v) is 21.8. The van der Waals surface area contributed by atoms with Crippen LogP contribution >= 0.6 is 0 Å². The van der Waals surface area contributed by atoms with Gasteiger partial charge in [0.15, 0.2) is 11.5 Å². The Morgan fingerprint density at radius 3 is 2.49 bits per heavy atom. The first kappa shape index (κ1) is 26.0. The number of methoxy groups -OCH3 is 1. The molecule has 194 valence electrons. The SMILES string of the molecule is CNC(=O)c1nnc(NC(=O)C2CC2)cc1Nc1cccc(-c2ccc([S@](=N)(=O)C(C)C)nc2)c1OC. The molecule has 12 heteroatoms. The number of para-hydroxylation sites is 1. The molecule has 0 bridgehead atoms. The number of hydrogen-bond donors (Lipinski definition) is 4. The summed E-state index contributed by atoms with van der Waals surface area (Å²) in [4.78, 5) is 29.0. The molecular weight excluding hydrogens is 494 g/mol. The zero-order chi connectivity index (χ0) is 26.7. The first-order valence-corrected chi connectivity index (χ1v) is 13.4. The monoisotopic (exact) mass is 523 g/mol. The molecule has 3 aromatic rings. The van der Waals surface area contributed by atoms with Gasteiger partial charge in [-0.05, 0) is 44.9 Å². The minimum Gasteiger partial charge on any atom is -0.494 e. The van der Waals surface area contributed by atoms with Crippen LogP contribution in [0.5, 0.6) is 5.75 Å². The molecule has 11 nitrogen and oxygen atoms in total. The third-order valence-electron chi connectivity index (χ3n) is 5.95. The van der Waals surface area contributed by atoms with Crippen molar-refractivity contribution in [2.24, 2.45) is 5.92 Å². The second-order valence-electron chi connectivity index (χ2n) is 8.88. The van der Waals surface area contributed by atoms with E-state index in [1.54, 1.807) is 50.4 Å². The van der Waals surface area contributed by atoms with Gasteiger partial charge >= 0.3 is 0 Å². The van der Waals surface area contributed by atoms with Crippen LogP contribution in [0.2, 0.25) is 0 Å². The molecule has 4 N–H and O–H groups in total.